The van der Waals surface area contributed by atoms with E-state index in [1.54, 1.807) is 0 Å². The maximum atomic E-state index is 11.3. The SMILES string of the molecule is COC(=O)C(=O)NC1Cc2ccccc2C1. The van der Waals surface area contributed by atoms with Crippen LogP contribution in [0.4, 0.5) is 0 Å². The second kappa shape index (κ2) is 4.35. The summed E-state index contributed by atoms with van der Waals surface area (Å²) >= 11 is 0. The maximum absolute atomic E-state index is 11.3. The van der Waals surface area contributed by atoms with Crippen LogP contribution in [-0.4, -0.2) is 25.0 Å². The summed E-state index contributed by atoms with van der Waals surface area (Å²) < 4.78 is 4.35. The monoisotopic (exact) mass is 219 g/mol. The highest BCUT2D eigenvalue weighted by atomic mass is 16.5. The number of carbonyl (C=O) groups excluding carboxylic acids is 2. The standard InChI is InChI=1S/C12H13NO3/c1-16-12(15)11(14)13-10-6-8-4-2-3-5-9(8)7-10/h2-5,10H,6-7H2,1H3,(H,13,14). The van der Waals surface area contributed by atoms with Gasteiger partial charge in [0.25, 0.3) is 0 Å². The molecule has 0 saturated carbocycles. The van der Waals surface area contributed by atoms with E-state index >= 15 is 0 Å². The molecule has 0 fully saturated rings. The molecule has 4 heteroatoms. The molecule has 1 aromatic carbocycles. The van der Waals surface area contributed by atoms with Crippen LogP contribution in [0.15, 0.2) is 24.3 Å². The lowest BCUT2D eigenvalue weighted by atomic mass is 10.1. The van der Waals surface area contributed by atoms with Gasteiger partial charge in [0.2, 0.25) is 0 Å². The second-order valence-electron chi connectivity index (χ2n) is 3.84. The molecule has 0 bridgehead atoms. The van der Waals surface area contributed by atoms with Crippen LogP contribution in [0.3, 0.4) is 0 Å². The molecule has 16 heavy (non-hydrogen) atoms. The average molecular weight is 219 g/mol. The number of ether oxygens (including phenoxy) is 1. The molecule has 0 unspecified atom stereocenters. The first-order valence-corrected chi connectivity index (χ1v) is 5.16. The maximum Gasteiger partial charge on any atom is 0.396 e. The zero-order chi connectivity index (χ0) is 11.5. The smallest absolute Gasteiger partial charge is 0.396 e. The van der Waals surface area contributed by atoms with E-state index in [1.165, 1.54) is 18.2 Å². The summed E-state index contributed by atoms with van der Waals surface area (Å²) in [7, 11) is 1.20. The molecule has 1 aliphatic carbocycles. The number of esters is 1. The molecule has 1 aromatic rings. The van der Waals surface area contributed by atoms with Crippen LogP contribution in [0.2, 0.25) is 0 Å². The molecule has 1 amide bonds. The van der Waals surface area contributed by atoms with Crippen LogP contribution >= 0.6 is 0 Å². The third kappa shape index (κ3) is 2.05. The van der Waals surface area contributed by atoms with Crippen LogP contribution < -0.4 is 5.32 Å². The molecule has 0 heterocycles. The van der Waals surface area contributed by atoms with Crippen molar-refractivity contribution >= 4 is 11.9 Å². The Morgan fingerprint density at radius 3 is 2.31 bits per heavy atom. The number of methoxy groups -OCH3 is 1. The first kappa shape index (κ1) is 10.7. The van der Waals surface area contributed by atoms with Crippen molar-refractivity contribution in [1.29, 1.82) is 0 Å². The van der Waals surface area contributed by atoms with Crippen molar-refractivity contribution in [3.05, 3.63) is 35.4 Å². The lowest BCUT2D eigenvalue weighted by molar-refractivity contribution is -0.153. The Kier molecular flexibility index (Phi) is 2.90. The lowest BCUT2D eigenvalue weighted by Crippen LogP contribution is -2.40. The molecular formula is C12H13NO3. The van der Waals surface area contributed by atoms with Crippen molar-refractivity contribution in [1.82, 2.24) is 5.32 Å². The fourth-order valence-electron chi connectivity index (χ4n) is 2.00. The van der Waals surface area contributed by atoms with E-state index in [2.05, 4.69) is 10.1 Å². The van der Waals surface area contributed by atoms with E-state index in [-0.39, 0.29) is 6.04 Å². The van der Waals surface area contributed by atoms with E-state index < -0.39 is 11.9 Å². The number of nitrogens with one attached hydrogen (secondary N) is 1. The fourth-order valence-corrected chi connectivity index (χ4v) is 2.00. The molecule has 0 aromatic heterocycles. The van der Waals surface area contributed by atoms with Crippen molar-refractivity contribution in [2.75, 3.05) is 7.11 Å². The molecule has 2 rings (SSSR count). The van der Waals surface area contributed by atoms with Crippen molar-refractivity contribution in [3.8, 4) is 0 Å². The molecule has 1 N–H and O–H groups in total. The van der Waals surface area contributed by atoms with Gasteiger partial charge in [-0.15, -0.1) is 0 Å². The summed E-state index contributed by atoms with van der Waals surface area (Å²) in [6.07, 6.45) is 1.55. The van der Waals surface area contributed by atoms with Gasteiger partial charge in [0.05, 0.1) is 7.11 Å². The van der Waals surface area contributed by atoms with Crippen molar-refractivity contribution in [3.63, 3.8) is 0 Å². The van der Waals surface area contributed by atoms with E-state index in [1.807, 2.05) is 24.3 Å². The molecule has 0 atom stereocenters. The Labute approximate surface area is 93.6 Å². The summed E-state index contributed by atoms with van der Waals surface area (Å²) in [5, 5.41) is 2.66. The third-order valence-electron chi connectivity index (χ3n) is 2.76. The molecule has 0 saturated heterocycles. The number of rotatable bonds is 1. The Morgan fingerprint density at radius 2 is 1.81 bits per heavy atom. The minimum atomic E-state index is -0.837. The van der Waals surface area contributed by atoms with Crippen LogP contribution in [-0.2, 0) is 27.2 Å². The predicted molar refractivity (Wildman–Crippen MR) is 57.8 cm³/mol. The van der Waals surface area contributed by atoms with Gasteiger partial charge in [0.15, 0.2) is 0 Å². The van der Waals surface area contributed by atoms with Gasteiger partial charge in [0.1, 0.15) is 0 Å². The summed E-state index contributed by atoms with van der Waals surface area (Å²) in [6.45, 7) is 0. The topological polar surface area (TPSA) is 55.4 Å². The molecule has 84 valence electrons. The molecule has 0 spiro atoms. The molecule has 4 nitrogen and oxygen atoms in total. The summed E-state index contributed by atoms with van der Waals surface area (Å²) in [4.78, 5) is 22.2. The number of fused-ring (bicyclic) bond motifs is 1. The summed E-state index contributed by atoms with van der Waals surface area (Å²) in [5.41, 5.74) is 2.47. The fraction of sp³-hybridized carbons (Fsp3) is 0.333. The van der Waals surface area contributed by atoms with Gasteiger partial charge in [-0.3, -0.25) is 4.79 Å². The Bertz CT molecular complexity index is 403. The lowest BCUT2D eigenvalue weighted by Gasteiger charge is -2.10. The predicted octanol–water partition coefficient (Wildman–Crippen LogP) is 0.443. The highest BCUT2D eigenvalue weighted by molar-refractivity contribution is 6.32. The third-order valence-corrected chi connectivity index (χ3v) is 2.76. The van der Waals surface area contributed by atoms with Crippen LogP contribution in [0.5, 0.6) is 0 Å². The summed E-state index contributed by atoms with van der Waals surface area (Å²) in [6, 6.07) is 8.04. The molecular weight excluding hydrogens is 206 g/mol. The van der Waals surface area contributed by atoms with Gasteiger partial charge in [-0.2, -0.15) is 0 Å². The number of carbonyl (C=O) groups is 2. The quantitative estimate of drug-likeness (QED) is 0.551. The zero-order valence-corrected chi connectivity index (χ0v) is 9.03. The van der Waals surface area contributed by atoms with Crippen molar-refractivity contribution in [2.45, 2.75) is 18.9 Å². The van der Waals surface area contributed by atoms with Crippen LogP contribution in [0, 0.1) is 0 Å². The summed E-state index contributed by atoms with van der Waals surface area (Å²) in [5.74, 6) is -1.50. The first-order chi connectivity index (χ1) is 7.70. The number of hydrogen-bond acceptors (Lipinski definition) is 3. The van der Waals surface area contributed by atoms with E-state index in [9.17, 15) is 9.59 Å². The number of hydrogen-bond donors (Lipinski definition) is 1. The number of amides is 1. The number of benzene rings is 1. The zero-order valence-electron chi connectivity index (χ0n) is 9.03. The van der Waals surface area contributed by atoms with Gasteiger partial charge >= 0.3 is 11.9 Å². The Morgan fingerprint density at radius 1 is 1.25 bits per heavy atom. The van der Waals surface area contributed by atoms with E-state index in [4.69, 9.17) is 0 Å². The van der Waals surface area contributed by atoms with Crippen LogP contribution in [0.25, 0.3) is 0 Å². The largest absolute Gasteiger partial charge is 0.462 e. The van der Waals surface area contributed by atoms with Crippen molar-refractivity contribution < 1.29 is 14.3 Å². The first-order valence-electron chi connectivity index (χ1n) is 5.16. The molecule has 0 aliphatic heterocycles. The van der Waals surface area contributed by atoms with Gasteiger partial charge in [0, 0.05) is 6.04 Å². The average Bonchev–Trinajstić information content (AvgIpc) is 2.69. The van der Waals surface area contributed by atoms with Gasteiger partial charge in [-0.25, -0.2) is 4.79 Å². The molecule has 1 aliphatic rings. The van der Waals surface area contributed by atoms with E-state index in [0.29, 0.717) is 0 Å². The highest BCUT2D eigenvalue weighted by Crippen LogP contribution is 2.21. The van der Waals surface area contributed by atoms with Crippen molar-refractivity contribution in [2.24, 2.45) is 0 Å². The normalized spacial score (nSPS) is 14.3. The van der Waals surface area contributed by atoms with Crippen LogP contribution in [0.1, 0.15) is 11.1 Å². The van der Waals surface area contributed by atoms with E-state index in [0.717, 1.165) is 12.8 Å². The Balaban J connectivity index is 1.97. The molecule has 0 radical (unpaired) electrons. The second-order valence-corrected chi connectivity index (χ2v) is 3.84. The van der Waals surface area contributed by atoms with Gasteiger partial charge in [-0.1, -0.05) is 24.3 Å². The van der Waals surface area contributed by atoms with Gasteiger partial charge < -0.3 is 10.1 Å². The minimum Gasteiger partial charge on any atom is -0.462 e. The highest BCUT2D eigenvalue weighted by Gasteiger charge is 2.25. The van der Waals surface area contributed by atoms with Gasteiger partial charge in [-0.05, 0) is 24.0 Å². The Hall–Kier alpha value is -1.84. The minimum absolute atomic E-state index is 0.00370.